The molecule has 1 aliphatic rings. The van der Waals surface area contributed by atoms with Crippen molar-refractivity contribution in [3.63, 3.8) is 0 Å². The zero-order valence-corrected chi connectivity index (χ0v) is 12.7. The summed E-state index contributed by atoms with van der Waals surface area (Å²) in [6.45, 7) is 2.18. The molecule has 0 bridgehead atoms. The molecule has 0 saturated carbocycles. The van der Waals surface area contributed by atoms with E-state index in [4.69, 9.17) is 5.84 Å². The number of nitrogens with zero attached hydrogens (tertiary/aromatic N) is 1. The highest BCUT2D eigenvalue weighted by atomic mass is 19.1. The van der Waals surface area contributed by atoms with Gasteiger partial charge in [0.15, 0.2) is 6.17 Å². The molecule has 1 aromatic heterocycles. The van der Waals surface area contributed by atoms with Crippen molar-refractivity contribution in [1.82, 2.24) is 15.3 Å². The van der Waals surface area contributed by atoms with Gasteiger partial charge in [0.1, 0.15) is 5.82 Å². The van der Waals surface area contributed by atoms with Crippen LogP contribution in [0.15, 0.2) is 24.4 Å². The number of aromatic amines is 1. The summed E-state index contributed by atoms with van der Waals surface area (Å²) in [5, 5.41) is 1.03. The molecule has 0 aliphatic carbocycles. The van der Waals surface area contributed by atoms with E-state index in [1.165, 1.54) is 17.7 Å². The summed E-state index contributed by atoms with van der Waals surface area (Å²) in [5.41, 5.74) is 3.79. The number of fused-ring (bicyclic) bond motifs is 1. The number of amides is 1. The number of benzene rings is 1. The Morgan fingerprint density at radius 3 is 3.13 bits per heavy atom. The molecule has 1 aliphatic heterocycles. The van der Waals surface area contributed by atoms with Crippen LogP contribution >= 0.6 is 0 Å². The average Bonchev–Trinajstić information content (AvgIpc) is 3.17. The van der Waals surface area contributed by atoms with Gasteiger partial charge in [0, 0.05) is 36.6 Å². The first-order valence-corrected chi connectivity index (χ1v) is 7.72. The van der Waals surface area contributed by atoms with E-state index in [0.29, 0.717) is 12.5 Å². The van der Waals surface area contributed by atoms with Gasteiger partial charge in [0.05, 0.1) is 0 Å². The Kier molecular flexibility index (Phi) is 4.58. The van der Waals surface area contributed by atoms with Crippen molar-refractivity contribution in [1.29, 1.82) is 0 Å². The maximum absolute atomic E-state index is 13.5. The Morgan fingerprint density at radius 1 is 1.52 bits per heavy atom. The molecule has 2 heterocycles. The Hall–Kier alpha value is -1.99. The molecular weight excluding hydrogens is 302 g/mol. The lowest BCUT2D eigenvalue weighted by atomic mass is 9.98. The van der Waals surface area contributed by atoms with Crippen LogP contribution < -0.4 is 11.3 Å². The number of hydrazine groups is 1. The number of nitrogens with two attached hydrogens (primary N) is 1. The number of H-pyrrole nitrogens is 1. The summed E-state index contributed by atoms with van der Waals surface area (Å²) < 4.78 is 26.8. The summed E-state index contributed by atoms with van der Waals surface area (Å²) in [5.74, 6) is 4.22. The van der Waals surface area contributed by atoms with E-state index in [1.54, 1.807) is 6.07 Å². The fourth-order valence-corrected chi connectivity index (χ4v) is 3.27. The van der Waals surface area contributed by atoms with E-state index in [9.17, 15) is 13.6 Å². The Balaban J connectivity index is 1.62. The van der Waals surface area contributed by atoms with Gasteiger partial charge in [0.2, 0.25) is 0 Å². The van der Waals surface area contributed by atoms with Crippen molar-refractivity contribution in [3.8, 4) is 0 Å². The standard InChI is InChI=1S/C16H20F2N4O/c17-11-1-2-12-13(8-20-15(12)7-11)10-3-5-22(9-10)6-4-14(18)16(23)21-19/h1-2,7-8,10,14,20H,3-6,9,19H2,(H,21,23). The van der Waals surface area contributed by atoms with Gasteiger partial charge >= 0.3 is 0 Å². The first-order chi connectivity index (χ1) is 11.1. The molecule has 2 aromatic rings. The fraction of sp³-hybridized carbons (Fsp3) is 0.438. The molecule has 124 valence electrons. The highest BCUT2D eigenvalue weighted by molar-refractivity contribution is 5.83. The first-order valence-electron chi connectivity index (χ1n) is 7.72. The maximum atomic E-state index is 13.5. The van der Waals surface area contributed by atoms with Crippen LogP contribution in [0.3, 0.4) is 0 Å². The number of nitrogens with one attached hydrogen (secondary N) is 2. The number of hydrogen-bond acceptors (Lipinski definition) is 3. The van der Waals surface area contributed by atoms with Gasteiger partial charge in [-0.25, -0.2) is 14.6 Å². The third kappa shape index (κ3) is 3.35. The third-order valence-electron chi connectivity index (χ3n) is 4.51. The molecule has 1 saturated heterocycles. The van der Waals surface area contributed by atoms with E-state index >= 15 is 0 Å². The van der Waals surface area contributed by atoms with E-state index < -0.39 is 12.1 Å². The van der Waals surface area contributed by atoms with Crippen LogP contribution in [0.25, 0.3) is 10.9 Å². The minimum Gasteiger partial charge on any atom is -0.361 e. The number of carbonyl (C=O) groups is 1. The molecule has 1 amide bonds. The van der Waals surface area contributed by atoms with Crippen molar-refractivity contribution >= 4 is 16.8 Å². The predicted octanol–water partition coefficient (Wildman–Crippen LogP) is 1.81. The summed E-state index contributed by atoms with van der Waals surface area (Å²) in [6.07, 6.45) is 1.45. The van der Waals surface area contributed by atoms with Gasteiger partial charge in [-0.15, -0.1) is 0 Å². The Labute approximate surface area is 132 Å². The first kappa shape index (κ1) is 15.9. The lowest BCUT2D eigenvalue weighted by Gasteiger charge is -2.16. The zero-order chi connectivity index (χ0) is 16.4. The minimum absolute atomic E-state index is 0.134. The number of rotatable bonds is 5. The van der Waals surface area contributed by atoms with Crippen LogP contribution in [-0.2, 0) is 4.79 Å². The molecule has 7 heteroatoms. The maximum Gasteiger partial charge on any atom is 0.268 e. The summed E-state index contributed by atoms with van der Waals surface area (Å²) in [7, 11) is 0. The number of aromatic nitrogens is 1. The van der Waals surface area contributed by atoms with Crippen molar-refractivity contribution in [2.45, 2.75) is 24.9 Å². The summed E-state index contributed by atoms with van der Waals surface area (Å²) in [4.78, 5) is 16.3. The van der Waals surface area contributed by atoms with Crippen LogP contribution in [0.2, 0.25) is 0 Å². The SMILES string of the molecule is NNC(=O)C(F)CCN1CCC(c2c[nH]c3cc(F)ccc23)C1. The van der Waals surface area contributed by atoms with E-state index in [0.717, 1.165) is 30.4 Å². The predicted molar refractivity (Wildman–Crippen MR) is 83.9 cm³/mol. The second kappa shape index (κ2) is 6.64. The van der Waals surface area contributed by atoms with Gasteiger partial charge in [-0.2, -0.15) is 0 Å². The van der Waals surface area contributed by atoms with Crippen LogP contribution in [0.5, 0.6) is 0 Å². The second-order valence-electron chi connectivity index (χ2n) is 5.98. The summed E-state index contributed by atoms with van der Waals surface area (Å²) >= 11 is 0. The third-order valence-corrected chi connectivity index (χ3v) is 4.51. The molecule has 5 nitrogen and oxygen atoms in total. The van der Waals surface area contributed by atoms with Gasteiger partial charge in [-0.1, -0.05) is 0 Å². The van der Waals surface area contributed by atoms with Gasteiger partial charge < -0.3 is 9.88 Å². The minimum atomic E-state index is -1.57. The molecule has 2 atom stereocenters. The van der Waals surface area contributed by atoms with Crippen LogP contribution in [0.1, 0.15) is 24.3 Å². The Morgan fingerprint density at radius 2 is 2.35 bits per heavy atom. The average molecular weight is 322 g/mol. The van der Waals surface area contributed by atoms with Crippen molar-refractivity contribution in [3.05, 3.63) is 35.8 Å². The van der Waals surface area contributed by atoms with Crippen LogP contribution in [0.4, 0.5) is 8.78 Å². The smallest absolute Gasteiger partial charge is 0.268 e. The van der Waals surface area contributed by atoms with E-state index in [2.05, 4.69) is 9.88 Å². The molecule has 4 N–H and O–H groups in total. The number of carbonyl (C=O) groups excluding carboxylic acids is 1. The topological polar surface area (TPSA) is 74.2 Å². The van der Waals surface area contributed by atoms with Crippen LogP contribution in [0, 0.1) is 5.82 Å². The zero-order valence-electron chi connectivity index (χ0n) is 12.7. The summed E-state index contributed by atoms with van der Waals surface area (Å²) in [6, 6.07) is 4.75. The lowest BCUT2D eigenvalue weighted by molar-refractivity contribution is -0.126. The van der Waals surface area contributed by atoms with Crippen LogP contribution in [-0.4, -0.2) is 41.6 Å². The Bertz CT molecular complexity index is 702. The monoisotopic (exact) mass is 322 g/mol. The van der Waals surface area contributed by atoms with Crippen molar-refractivity contribution in [2.75, 3.05) is 19.6 Å². The largest absolute Gasteiger partial charge is 0.361 e. The number of likely N-dealkylation sites (tertiary alicyclic amines) is 1. The highest BCUT2D eigenvalue weighted by Crippen LogP contribution is 2.32. The van der Waals surface area contributed by atoms with Gasteiger partial charge in [-0.3, -0.25) is 10.2 Å². The normalized spacial score (nSPS) is 20.0. The molecule has 3 rings (SSSR count). The van der Waals surface area contributed by atoms with E-state index in [1.807, 2.05) is 11.6 Å². The van der Waals surface area contributed by atoms with Gasteiger partial charge in [0.25, 0.3) is 5.91 Å². The lowest BCUT2D eigenvalue weighted by Crippen LogP contribution is -2.38. The fourth-order valence-electron chi connectivity index (χ4n) is 3.27. The van der Waals surface area contributed by atoms with Crippen molar-refractivity contribution < 1.29 is 13.6 Å². The van der Waals surface area contributed by atoms with E-state index in [-0.39, 0.29) is 12.2 Å². The molecule has 2 unspecified atom stereocenters. The molecule has 0 spiro atoms. The number of halogens is 2. The second-order valence-corrected chi connectivity index (χ2v) is 5.98. The highest BCUT2D eigenvalue weighted by Gasteiger charge is 2.27. The van der Waals surface area contributed by atoms with Gasteiger partial charge in [-0.05, 0) is 42.6 Å². The molecular formula is C16H20F2N4O. The molecule has 0 radical (unpaired) electrons. The van der Waals surface area contributed by atoms with Crippen molar-refractivity contribution in [2.24, 2.45) is 5.84 Å². The quantitative estimate of drug-likeness (QED) is 0.446. The number of hydrogen-bond donors (Lipinski definition) is 3. The molecule has 1 fully saturated rings. The molecule has 1 aromatic carbocycles. The number of alkyl halides is 1. The molecule has 23 heavy (non-hydrogen) atoms.